The molecule has 3 N–H and O–H groups in total. The summed E-state index contributed by atoms with van der Waals surface area (Å²) in [6.07, 6.45) is 1.77. The Morgan fingerprint density at radius 1 is 1.00 bits per heavy atom. The van der Waals surface area contributed by atoms with E-state index in [-0.39, 0.29) is 16.8 Å². The quantitative estimate of drug-likeness (QED) is 0.251. The van der Waals surface area contributed by atoms with Gasteiger partial charge >= 0.3 is 0 Å². The van der Waals surface area contributed by atoms with Crippen molar-refractivity contribution >= 4 is 22.9 Å². The van der Waals surface area contributed by atoms with Gasteiger partial charge in [-0.1, -0.05) is 75.9 Å². The molecule has 0 atom stereocenters. The van der Waals surface area contributed by atoms with Crippen molar-refractivity contribution in [3.8, 4) is 11.3 Å². The van der Waals surface area contributed by atoms with Gasteiger partial charge < -0.3 is 20.5 Å². The van der Waals surface area contributed by atoms with E-state index < -0.39 is 0 Å². The number of hydrogen-bond acceptors (Lipinski definition) is 5. The van der Waals surface area contributed by atoms with Crippen LogP contribution in [0, 0.1) is 6.92 Å². The topological polar surface area (TPSA) is 71.0 Å². The Kier molecular flexibility index (Phi) is 7.83. The molecule has 1 aromatic heterocycles. The first kappa shape index (κ1) is 26.9. The van der Waals surface area contributed by atoms with Gasteiger partial charge in [-0.3, -0.25) is 4.79 Å². The largest absolute Gasteiger partial charge is 0.355 e. The monoisotopic (exact) mass is 507 g/mol. The fourth-order valence-corrected chi connectivity index (χ4v) is 4.32. The zero-order valence-electron chi connectivity index (χ0n) is 23.1. The molecule has 3 aromatic carbocycles. The van der Waals surface area contributed by atoms with E-state index >= 15 is 0 Å². The molecule has 0 spiro atoms. The summed E-state index contributed by atoms with van der Waals surface area (Å²) in [4.78, 5) is 17.6. The molecule has 1 heterocycles. The Hall–Kier alpha value is -4.16. The second-order valence-electron chi connectivity index (χ2n) is 10.7. The van der Waals surface area contributed by atoms with Crippen LogP contribution in [0.1, 0.15) is 43.0 Å². The molecule has 0 saturated heterocycles. The molecule has 4 aromatic rings. The summed E-state index contributed by atoms with van der Waals surface area (Å²) in [5.41, 5.74) is 8.65. The lowest BCUT2D eigenvalue weighted by atomic mass is 9.86. The number of rotatable bonds is 8. The summed E-state index contributed by atoms with van der Waals surface area (Å²) in [6, 6.07) is 22.5. The van der Waals surface area contributed by atoms with Gasteiger partial charge in [0.1, 0.15) is 0 Å². The highest BCUT2D eigenvalue weighted by atomic mass is 16.1. The van der Waals surface area contributed by atoms with Crippen molar-refractivity contribution in [2.45, 2.75) is 39.7 Å². The number of benzene rings is 3. The molecule has 0 bridgehead atoms. The minimum absolute atomic E-state index is 0.102. The third-order valence-electron chi connectivity index (χ3n) is 6.66. The van der Waals surface area contributed by atoms with Gasteiger partial charge in [-0.25, -0.2) is 4.98 Å². The molecule has 38 heavy (non-hydrogen) atoms. The van der Waals surface area contributed by atoms with Gasteiger partial charge in [0.25, 0.3) is 5.56 Å². The summed E-state index contributed by atoms with van der Waals surface area (Å²) in [7, 11) is 3.66. The third-order valence-corrected chi connectivity index (χ3v) is 6.66. The molecule has 0 radical (unpaired) electrons. The van der Waals surface area contributed by atoms with E-state index in [1.54, 1.807) is 17.8 Å². The Balaban J connectivity index is 1.60. The number of nitrogens with one attached hydrogen (secondary N) is 3. The standard InChI is InChI=1S/C32H37N5O/c1-21-27(9-8-10-28(21)34-22(2)24-13-15-25(16-14-24)32(3,4)5)29-20-37(7)31(38)30(36-29)35-26-17-11-23(12-18-26)19-33-6/h8-18,20,33-34H,2,19H2,1,3-7H3,(H,35,36). The maximum atomic E-state index is 12.9. The van der Waals surface area contributed by atoms with E-state index in [4.69, 9.17) is 4.98 Å². The van der Waals surface area contributed by atoms with Gasteiger partial charge in [0.05, 0.1) is 5.69 Å². The number of aryl methyl sites for hydroxylation is 1. The molecule has 0 unspecified atom stereocenters. The minimum atomic E-state index is -0.188. The summed E-state index contributed by atoms with van der Waals surface area (Å²) in [5, 5.41) is 9.82. The first-order valence-corrected chi connectivity index (χ1v) is 12.8. The second kappa shape index (κ2) is 11.1. The molecular formula is C32H37N5O. The van der Waals surface area contributed by atoms with E-state index in [0.717, 1.165) is 40.3 Å². The van der Waals surface area contributed by atoms with Crippen LogP contribution in [-0.4, -0.2) is 16.6 Å². The zero-order valence-corrected chi connectivity index (χ0v) is 23.1. The zero-order chi connectivity index (χ0) is 27.4. The van der Waals surface area contributed by atoms with Crippen molar-refractivity contribution in [3.05, 3.63) is 112 Å². The van der Waals surface area contributed by atoms with Gasteiger partial charge in [0, 0.05) is 42.4 Å². The minimum Gasteiger partial charge on any atom is -0.355 e. The van der Waals surface area contributed by atoms with Crippen LogP contribution in [0.2, 0.25) is 0 Å². The smallest absolute Gasteiger partial charge is 0.293 e. The van der Waals surface area contributed by atoms with Crippen LogP contribution in [0.5, 0.6) is 0 Å². The highest BCUT2D eigenvalue weighted by Gasteiger charge is 2.15. The molecular weight excluding hydrogens is 470 g/mol. The van der Waals surface area contributed by atoms with Gasteiger partial charge in [0.15, 0.2) is 5.82 Å². The van der Waals surface area contributed by atoms with Crippen LogP contribution in [0.15, 0.2) is 84.3 Å². The predicted octanol–water partition coefficient (Wildman–Crippen LogP) is 6.60. The van der Waals surface area contributed by atoms with Crippen molar-refractivity contribution in [2.24, 2.45) is 7.05 Å². The van der Waals surface area contributed by atoms with Crippen LogP contribution in [0.4, 0.5) is 17.2 Å². The normalized spacial score (nSPS) is 11.3. The number of anilines is 3. The Bertz CT molecular complexity index is 1490. The van der Waals surface area contributed by atoms with Gasteiger partial charge in [-0.05, 0) is 59.8 Å². The fraction of sp³-hybridized carbons (Fsp3) is 0.250. The Labute approximate surface area is 225 Å². The number of nitrogens with zero attached hydrogens (tertiary/aromatic N) is 2. The molecule has 0 fully saturated rings. The molecule has 6 heteroatoms. The molecule has 196 valence electrons. The van der Waals surface area contributed by atoms with E-state index in [0.29, 0.717) is 5.69 Å². The molecule has 4 rings (SSSR count). The maximum absolute atomic E-state index is 12.9. The SMILES string of the molecule is C=C(Nc1cccc(-c2cn(C)c(=O)c(Nc3ccc(CNC)cc3)n2)c1C)c1ccc(C(C)(C)C)cc1. The molecule has 0 aliphatic heterocycles. The summed E-state index contributed by atoms with van der Waals surface area (Å²) in [6.45, 7) is 13.7. The molecule has 0 saturated carbocycles. The molecule has 0 aliphatic rings. The first-order chi connectivity index (χ1) is 18.1. The molecule has 6 nitrogen and oxygen atoms in total. The van der Waals surface area contributed by atoms with Gasteiger partial charge in [0.2, 0.25) is 0 Å². The van der Waals surface area contributed by atoms with E-state index in [1.807, 2.05) is 56.4 Å². The Morgan fingerprint density at radius 2 is 1.68 bits per heavy atom. The average Bonchev–Trinajstić information content (AvgIpc) is 2.88. The second-order valence-corrected chi connectivity index (χ2v) is 10.7. The summed E-state index contributed by atoms with van der Waals surface area (Å²) < 4.78 is 1.56. The van der Waals surface area contributed by atoms with E-state index in [9.17, 15) is 4.79 Å². The lowest BCUT2D eigenvalue weighted by Crippen LogP contribution is -2.21. The summed E-state index contributed by atoms with van der Waals surface area (Å²) in [5.74, 6) is 0.285. The van der Waals surface area contributed by atoms with Crippen molar-refractivity contribution in [2.75, 3.05) is 17.7 Å². The van der Waals surface area contributed by atoms with Crippen molar-refractivity contribution in [3.63, 3.8) is 0 Å². The van der Waals surface area contributed by atoms with Crippen LogP contribution >= 0.6 is 0 Å². The van der Waals surface area contributed by atoms with Crippen molar-refractivity contribution < 1.29 is 0 Å². The lowest BCUT2D eigenvalue weighted by molar-refractivity contribution is 0.590. The molecule has 0 aliphatic carbocycles. The third kappa shape index (κ3) is 6.03. The van der Waals surface area contributed by atoms with E-state index in [1.165, 1.54) is 11.1 Å². The van der Waals surface area contributed by atoms with E-state index in [2.05, 4.69) is 67.6 Å². The van der Waals surface area contributed by atoms with Gasteiger partial charge in [-0.15, -0.1) is 0 Å². The van der Waals surface area contributed by atoms with Crippen LogP contribution in [0.25, 0.3) is 17.0 Å². The number of hydrogen-bond donors (Lipinski definition) is 3. The maximum Gasteiger partial charge on any atom is 0.293 e. The predicted molar refractivity (Wildman–Crippen MR) is 160 cm³/mol. The van der Waals surface area contributed by atoms with Crippen LogP contribution in [-0.2, 0) is 19.0 Å². The highest BCUT2D eigenvalue weighted by Crippen LogP contribution is 2.30. The number of aromatic nitrogens is 2. The van der Waals surface area contributed by atoms with Crippen LogP contribution < -0.4 is 21.5 Å². The highest BCUT2D eigenvalue weighted by molar-refractivity contribution is 5.80. The average molecular weight is 508 g/mol. The lowest BCUT2D eigenvalue weighted by Gasteiger charge is -2.20. The van der Waals surface area contributed by atoms with Crippen LogP contribution in [0.3, 0.4) is 0 Å². The fourth-order valence-electron chi connectivity index (χ4n) is 4.32. The first-order valence-electron chi connectivity index (χ1n) is 12.8. The van der Waals surface area contributed by atoms with Gasteiger partial charge in [-0.2, -0.15) is 0 Å². The van der Waals surface area contributed by atoms with Crippen molar-refractivity contribution in [1.29, 1.82) is 0 Å². The Morgan fingerprint density at radius 3 is 2.32 bits per heavy atom. The van der Waals surface area contributed by atoms with Crippen molar-refractivity contribution in [1.82, 2.24) is 14.9 Å². The molecule has 0 amide bonds. The summed E-state index contributed by atoms with van der Waals surface area (Å²) >= 11 is 0.